The number of methoxy groups -OCH3 is 1. The molecule has 162 valence electrons. The first-order valence-electron chi connectivity index (χ1n) is 10.7. The van der Waals surface area contributed by atoms with Crippen molar-refractivity contribution < 1.29 is 14.6 Å². The van der Waals surface area contributed by atoms with Crippen LogP contribution >= 0.6 is 0 Å². The van der Waals surface area contributed by atoms with E-state index >= 15 is 0 Å². The van der Waals surface area contributed by atoms with Gasteiger partial charge in [0.1, 0.15) is 6.04 Å². The first kappa shape index (κ1) is 21.0. The van der Waals surface area contributed by atoms with Gasteiger partial charge in [0.2, 0.25) is 5.88 Å². The molecule has 3 aromatic heterocycles. The number of aliphatic carboxylic acids is 1. The Labute approximate surface area is 181 Å². The van der Waals surface area contributed by atoms with Crippen molar-refractivity contribution in [1.29, 1.82) is 0 Å². The van der Waals surface area contributed by atoms with Gasteiger partial charge in [-0.2, -0.15) is 5.10 Å². The van der Waals surface area contributed by atoms with Crippen LogP contribution in [0.3, 0.4) is 0 Å². The van der Waals surface area contributed by atoms with Gasteiger partial charge in [0.05, 0.1) is 24.9 Å². The maximum Gasteiger partial charge on any atom is 0.305 e. The second kappa shape index (κ2) is 9.68. The summed E-state index contributed by atoms with van der Waals surface area (Å²) in [6.07, 6.45) is 9.08. The fourth-order valence-corrected chi connectivity index (χ4v) is 4.02. The van der Waals surface area contributed by atoms with Gasteiger partial charge in [0.25, 0.3) is 0 Å². The molecule has 3 aromatic rings. The van der Waals surface area contributed by atoms with Crippen LogP contribution in [0.4, 0.5) is 0 Å². The Morgan fingerprint density at radius 3 is 2.71 bits per heavy atom. The number of ether oxygens (including phenoxy) is 1. The molecule has 0 aromatic carbocycles. The van der Waals surface area contributed by atoms with Crippen molar-refractivity contribution in [3.05, 3.63) is 64.9 Å². The normalized spacial score (nSPS) is 14.1. The van der Waals surface area contributed by atoms with Crippen molar-refractivity contribution in [3.8, 4) is 5.88 Å². The fraction of sp³-hybridized carbons (Fsp3) is 0.435. The summed E-state index contributed by atoms with van der Waals surface area (Å²) in [6, 6.07) is 9.19. The molecule has 0 saturated carbocycles. The zero-order valence-corrected chi connectivity index (χ0v) is 17.7. The molecule has 0 aliphatic heterocycles. The maximum atomic E-state index is 11.4. The molecule has 1 aliphatic carbocycles. The van der Waals surface area contributed by atoms with Crippen molar-refractivity contribution in [2.45, 2.75) is 57.4 Å². The smallest absolute Gasteiger partial charge is 0.305 e. The van der Waals surface area contributed by atoms with E-state index in [0.717, 1.165) is 43.5 Å². The molecule has 0 amide bonds. The molecule has 31 heavy (non-hydrogen) atoms. The topological polar surface area (TPSA) is 103 Å². The predicted molar refractivity (Wildman–Crippen MR) is 114 cm³/mol. The Morgan fingerprint density at radius 2 is 1.94 bits per heavy atom. The molecular formula is C23H27N5O3. The van der Waals surface area contributed by atoms with Gasteiger partial charge in [-0.15, -0.1) is 10.2 Å². The number of nitrogens with zero attached hydrogens (tertiary/aromatic N) is 5. The van der Waals surface area contributed by atoms with Crippen molar-refractivity contribution in [1.82, 2.24) is 25.0 Å². The number of hydrogen-bond donors (Lipinski definition) is 1. The summed E-state index contributed by atoms with van der Waals surface area (Å²) < 4.78 is 6.70. The Hall–Kier alpha value is -3.29. The number of carbonyl (C=O) groups is 1. The molecule has 1 atom stereocenters. The Kier molecular flexibility index (Phi) is 6.54. The van der Waals surface area contributed by atoms with E-state index < -0.39 is 12.0 Å². The average Bonchev–Trinajstić information content (AvgIpc) is 3.26. The van der Waals surface area contributed by atoms with Crippen LogP contribution in [0.2, 0.25) is 0 Å². The van der Waals surface area contributed by atoms with Gasteiger partial charge in [0.15, 0.2) is 0 Å². The third-order valence-corrected chi connectivity index (χ3v) is 5.66. The summed E-state index contributed by atoms with van der Waals surface area (Å²) in [6.45, 7) is 0. The van der Waals surface area contributed by atoms with Crippen LogP contribution in [0, 0.1) is 0 Å². The number of hydrogen-bond acceptors (Lipinski definition) is 6. The third kappa shape index (κ3) is 5.25. The molecule has 1 N–H and O–H groups in total. The second-order valence-corrected chi connectivity index (χ2v) is 7.87. The van der Waals surface area contributed by atoms with Crippen molar-refractivity contribution in [3.63, 3.8) is 0 Å². The highest BCUT2D eigenvalue weighted by Gasteiger charge is 2.21. The van der Waals surface area contributed by atoms with E-state index in [9.17, 15) is 9.90 Å². The minimum atomic E-state index is -0.918. The summed E-state index contributed by atoms with van der Waals surface area (Å²) in [5.74, 6) is -0.534. The van der Waals surface area contributed by atoms with Crippen molar-refractivity contribution in [2.24, 2.45) is 0 Å². The first-order valence-corrected chi connectivity index (χ1v) is 10.7. The summed E-state index contributed by atoms with van der Waals surface area (Å²) in [5.41, 5.74) is 5.27. The Balaban J connectivity index is 1.40. The minimum absolute atomic E-state index is 0.124. The molecule has 3 heterocycles. The zero-order chi connectivity index (χ0) is 21.6. The van der Waals surface area contributed by atoms with Crippen molar-refractivity contribution >= 4 is 5.97 Å². The van der Waals surface area contributed by atoms with Gasteiger partial charge in [-0.05, 0) is 68.7 Å². The van der Waals surface area contributed by atoms with Crippen LogP contribution in [0.5, 0.6) is 5.88 Å². The number of carboxylic acids is 1. The molecule has 0 bridgehead atoms. The van der Waals surface area contributed by atoms with Crippen LogP contribution in [0.1, 0.15) is 60.1 Å². The van der Waals surface area contributed by atoms with Gasteiger partial charge in [0, 0.05) is 23.7 Å². The molecule has 8 nitrogen and oxygen atoms in total. The number of fused-ring (bicyclic) bond motifs is 1. The second-order valence-electron chi connectivity index (χ2n) is 7.87. The quantitative estimate of drug-likeness (QED) is 0.566. The first-order chi connectivity index (χ1) is 15.1. The lowest BCUT2D eigenvalue weighted by atomic mass is 9.95. The molecule has 1 unspecified atom stereocenters. The lowest BCUT2D eigenvalue weighted by Crippen LogP contribution is -2.17. The van der Waals surface area contributed by atoms with Gasteiger partial charge in [-0.25, -0.2) is 0 Å². The molecule has 4 rings (SSSR count). The van der Waals surface area contributed by atoms with Crippen LogP contribution in [0.15, 0.2) is 36.5 Å². The van der Waals surface area contributed by atoms with E-state index in [0.29, 0.717) is 11.6 Å². The van der Waals surface area contributed by atoms with Crippen molar-refractivity contribution in [2.75, 3.05) is 7.11 Å². The number of rotatable bonds is 9. The number of aryl methyl sites for hydroxylation is 4. The van der Waals surface area contributed by atoms with E-state index in [1.807, 2.05) is 12.3 Å². The number of pyridine rings is 1. The molecule has 0 fully saturated rings. The largest absolute Gasteiger partial charge is 0.481 e. The highest BCUT2D eigenvalue weighted by molar-refractivity contribution is 5.67. The molecule has 0 radical (unpaired) electrons. The summed E-state index contributed by atoms with van der Waals surface area (Å²) >= 11 is 0. The van der Waals surface area contributed by atoms with E-state index in [-0.39, 0.29) is 6.42 Å². The van der Waals surface area contributed by atoms with Crippen LogP contribution in [-0.2, 0) is 30.5 Å². The molecule has 8 heteroatoms. The Bertz CT molecular complexity index is 1030. The Morgan fingerprint density at radius 1 is 1.10 bits per heavy atom. The molecule has 1 aliphatic rings. The fourth-order valence-electron chi connectivity index (χ4n) is 4.02. The minimum Gasteiger partial charge on any atom is -0.481 e. The summed E-state index contributed by atoms with van der Waals surface area (Å²) in [4.78, 5) is 16.2. The van der Waals surface area contributed by atoms with E-state index in [2.05, 4.69) is 27.4 Å². The highest BCUT2D eigenvalue weighted by atomic mass is 16.5. The zero-order valence-electron chi connectivity index (χ0n) is 17.7. The lowest BCUT2D eigenvalue weighted by molar-refractivity contribution is -0.137. The van der Waals surface area contributed by atoms with Crippen LogP contribution < -0.4 is 4.74 Å². The molecular weight excluding hydrogens is 394 g/mol. The monoisotopic (exact) mass is 421 g/mol. The van der Waals surface area contributed by atoms with E-state index in [1.165, 1.54) is 31.2 Å². The SMILES string of the molecule is COc1ccc(C(CC(=O)O)n2ccc(CCCc3ccc4c(n3)CCCC4)n2)nn1. The van der Waals surface area contributed by atoms with Gasteiger partial charge < -0.3 is 9.84 Å². The molecule has 0 spiro atoms. The maximum absolute atomic E-state index is 11.4. The van der Waals surface area contributed by atoms with Gasteiger partial charge >= 0.3 is 5.97 Å². The summed E-state index contributed by atoms with van der Waals surface area (Å²) in [5, 5.41) is 22.0. The van der Waals surface area contributed by atoms with Crippen LogP contribution in [-0.4, -0.2) is 43.1 Å². The van der Waals surface area contributed by atoms with Crippen LogP contribution in [0.25, 0.3) is 0 Å². The predicted octanol–water partition coefficient (Wildman–Crippen LogP) is 3.19. The lowest BCUT2D eigenvalue weighted by Gasteiger charge is -2.15. The molecule has 0 saturated heterocycles. The summed E-state index contributed by atoms with van der Waals surface area (Å²) in [7, 11) is 1.51. The number of aromatic nitrogens is 5. The van der Waals surface area contributed by atoms with Gasteiger partial charge in [-0.1, -0.05) is 6.07 Å². The van der Waals surface area contributed by atoms with Gasteiger partial charge in [-0.3, -0.25) is 14.5 Å². The standard InChI is InChI=1S/C23H27N5O3/c1-31-22-12-11-20(25-26-22)21(15-23(29)30)28-14-13-18(27-28)7-4-6-17-10-9-16-5-2-3-8-19(16)24-17/h9-14,21H,2-8,15H2,1H3,(H,29,30). The third-order valence-electron chi connectivity index (χ3n) is 5.66. The highest BCUT2D eigenvalue weighted by Crippen LogP contribution is 2.22. The van der Waals surface area contributed by atoms with E-state index in [1.54, 1.807) is 16.8 Å². The number of carboxylic acid groups (broad SMARTS) is 1. The average molecular weight is 422 g/mol. The van der Waals surface area contributed by atoms with E-state index in [4.69, 9.17) is 9.72 Å².